The Kier molecular flexibility index (Phi) is 4.54. The zero-order valence-corrected chi connectivity index (χ0v) is 11.6. The van der Waals surface area contributed by atoms with Crippen molar-refractivity contribution in [2.24, 2.45) is 0 Å². The van der Waals surface area contributed by atoms with Gasteiger partial charge < -0.3 is 15.0 Å². The van der Waals surface area contributed by atoms with Gasteiger partial charge >= 0.3 is 5.97 Å². The predicted molar refractivity (Wildman–Crippen MR) is 72.0 cm³/mol. The Morgan fingerprint density at radius 2 is 2.20 bits per heavy atom. The van der Waals surface area contributed by atoms with Crippen LogP contribution in [0, 0.1) is 11.6 Å². The van der Waals surface area contributed by atoms with Gasteiger partial charge in [-0.2, -0.15) is 0 Å². The third-order valence-electron chi connectivity index (χ3n) is 3.54. The number of carbonyl (C=O) groups excluding carboxylic acids is 1. The number of likely N-dealkylation sites (N-methyl/N-ethyl adjacent to an activating group) is 1. The minimum atomic E-state index is -1.17. The summed E-state index contributed by atoms with van der Waals surface area (Å²) in [5, 5.41) is 3.30. The lowest BCUT2D eigenvalue weighted by molar-refractivity contribution is 0.0594. The van der Waals surface area contributed by atoms with E-state index >= 15 is 0 Å². The summed E-state index contributed by atoms with van der Waals surface area (Å²) in [7, 11) is 2.83. The van der Waals surface area contributed by atoms with E-state index in [0.717, 1.165) is 26.5 Å². The highest BCUT2D eigenvalue weighted by Gasteiger charge is 2.23. The van der Waals surface area contributed by atoms with E-state index in [1.807, 2.05) is 0 Å². The fraction of sp³-hybridized carbons (Fsp3) is 0.500. The maximum atomic E-state index is 14.0. The molecule has 1 aliphatic rings. The van der Waals surface area contributed by atoms with Gasteiger partial charge in [0, 0.05) is 19.6 Å². The van der Waals surface area contributed by atoms with E-state index < -0.39 is 17.6 Å². The second-order valence-corrected chi connectivity index (χ2v) is 4.93. The quantitative estimate of drug-likeness (QED) is 0.858. The summed E-state index contributed by atoms with van der Waals surface area (Å²) >= 11 is 0. The van der Waals surface area contributed by atoms with Crippen molar-refractivity contribution in [1.29, 1.82) is 0 Å². The molecule has 1 aliphatic heterocycles. The van der Waals surface area contributed by atoms with Crippen molar-refractivity contribution in [2.45, 2.75) is 18.9 Å². The molecule has 0 saturated carbocycles. The van der Waals surface area contributed by atoms with Crippen molar-refractivity contribution in [1.82, 2.24) is 5.32 Å². The summed E-state index contributed by atoms with van der Waals surface area (Å²) in [4.78, 5) is 12.9. The highest BCUT2D eigenvalue weighted by molar-refractivity contribution is 5.90. The van der Waals surface area contributed by atoms with E-state index in [9.17, 15) is 13.6 Å². The average molecular weight is 284 g/mol. The molecule has 4 nitrogen and oxygen atoms in total. The van der Waals surface area contributed by atoms with Crippen LogP contribution in [0.15, 0.2) is 12.1 Å². The summed E-state index contributed by atoms with van der Waals surface area (Å²) in [5.41, 5.74) is -0.245. The van der Waals surface area contributed by atoms with Gasteiger partial charge in [-0.15, -0.1) is 0 Å². The van der Waals surface area contributed by atoms with E-state index in [1.165, 1.54) is 12.1 Å². The molecule has 20 heavy (non-hydrogen) atoms. The fourth-order valence-corrected chi connectivity index (χ4v) is 2.44. The van der Waals surface area contributed by atoms with Crippen molar-refractivity contribution >= 4 is 11.7 Å². The van der Waals surface area contributed by atoms with E-state index in [1.54, 1.807) is 11.9 Å². The molecule has 0 amide bonds. The van der Waals surface area contributed by atoms with Crippen LogP contribution in [0.3, 0.4) is 0 Å². The number of ether oxygens (including phenoxy) is 1. The summed E-state index contributed by atoms with van der Waals surface area (Å²) in [6.45, 7) is 1.55. The molecule has 1 aromatic rings. The molecule has 0 spiro atoms. The first-order chi connectivity index (χ1) is 9.54. The molecule has 0 aromatic heterocycles. The lowest BCUT2D eigenvalue weighted by Crippen LogP contribution is -2.35. The van der Waals surface area contributed by atoms with Crippen molar-refractivity contribution in [3.8, 4) is 0 Å². The van der Waals surface area contributed by atoms with E-state index in [-0.39, 0.29) is 17.3 Å². The third-order valence-corrected chi connectivity index (χ3v) is 3.54. The Labute approximate surface area is 116 Å². The zero-order valence-electron chi connectivity index (χ0n) is 11.6. The second-order valence-electron chi connectivity index (χ2n) is 4.93. The first-order valence-corrected chi connectivity index (χ1v) is 6.55. The van der Waals surface area contributed by atoms with Crippen molar-refractivity contribution in [2.75, 3.05) is 32.1 Å². The lowest BCUT2D eigenvalue weighted by Gasteiger charge is -2.24. The van der Waals surface area contributed by atoms with Gasteiger partial charge in [0.25, 0.3) is 0 Å². The third kappa shape index (κ3) is 2.90. The van der Waals surface area contributed by atoms with Gasteiger partial charge in [-0.25, -0.2) is 13.6 Å². The minimum Gasteiger partial charge on any atom is -0.465 e. The first kappa shape index (κ1) is 14.7. The second kappa shape index (κ2) is 6.17. The van der Waals surface area contributed by atoms with Crippen LogP contribution >= 0.6 is 0 Å². The number of hydrogen-bond acceptors (Lipinski definition) is 4. The standard InChI is InChI=1S/C14H18F2N2O2/c1-18(8-9-4-3-7-17-9)11-6-5-10(14(19)20-2)12(15)13(11)16/h5-6,9,17H,3-4,7-8H2,1-2H3. The van der Waals surface area contributed by atoms with Crippen LogP contribution in [0.25, 0.3) is 0 Å². The molecule has 1 aromatic carbocycles. The topological polar surface area (TPSA) is 41.6 Å². The number of halogens is 2. The first-order valence-electron chi connectivity index (χ1n) is 6.55. The highest BCUT2D eigenvalue weighted by atomic mass is 19.2. The lowest BCUT2D eigenvalue weighted by atomic mass is 10.1. The maximum Gasteiger partial charge on any atom is 0.340 e. The Hall–Kier alpha value is -1.69. The van der Waals surface area contributed by atoms with Crippen LogP contribution in [0.5, 0.6) is 0 Å². The number of nitrogens with one attached hydrogen (secondary N) is 1. The maximum absolute atomic E-state index is 14.0. The molecular formula is C14H18F2N2O2. The van der Waals surface area contributed by atoms with Crippen LogP contribution < -0.4 is 10.2 Å². The molecule has 1 atom stereocenters. The van der Waals surface area contributed by atoms with E-state index in [2.05, 4.69) is 10.1 Å². The zero-order chi connectivity index (χ0) is 14.7. The summed E-state index contributed by atoms with van der Waals surface area (Å²) < 4.78 is 32.3. The van der Waals surface area contributed by atoms with E-state index in [4.69, 9.17) is 0 Å². The number of benzene rings is 1. The van der Waals surface area contributed by atoms with Crippen LogP contribution in [-0.2, 0) is 4.74 Å². The molecule has 1 unspecified atom stereocenters. The molecular weight excluding hydrogens is 266 g/mol. The Morgan fingerprint density at radius 3 is 2.80 bits per heavy atom. The van der Waals surface area contributed by atoms with Gasteiger partial charge in [-0.3, -0.25) is 0 Å². The fourth-order valence-electron chi connectivity index (χ4n) is 2.44. The van der Waals surface area contributed by atoms with Gasteiger partial charge in [0.15, 0.2) is 11.6 Å². The number of esters is 1. The molecule has 0 aliphatic carbocycles. The molecule has 0 radical (unpaired) electrons. The van der Waals surface area contributed by atoms with E-state index in [0.29, 0.717) is 6.54 Å². The average Bonchev–Trinajstić information content (AvgIpc) is 2.93. The SMILES string of the molecule is COC(=O)c1ccc(N(C)CC2CCCN2)c(F)c1F. The van der Waals surface area contributed by atoms with Crippen LogP contribution in [0.4, 0.5) is 14.5 Å². The number of anilines is 1. The molecule has 1 N–H and O–H groups in total. The Morgan fingerprint density at radius 1 is 1.45 bits per heavy atom. The summed E-state index contributed by atoms with van der Waals surface area (Å²) in [6.07, 6.45) is 2.12. The van der Waals surface area contributed by atoms with Gasteiger partial charge in [-0.1, -0.05) is 0 Å². The summed E-state index contributed by atoms with van der Waals surface area (Å²) in [6, 6.07) is 2.93. The molecule has 0 bridgehead atoms. The number of carbonyl (C=O) groups is 1. The largest absolute Gasteiger partial charge is 0.465 e. The smallest absolute Gasteiger partial charge is 0.340 e. The van der Waals surface area contributed by atoms with Crippen molar-refractivity contribution < 1.29 is 18.3 Å². The molecule has 1 saturated heterocycles. The predicted octanol–water partition coefficient (Wildman–Crippen LogP) is 1.94. The van der Waals surface area contributed by atoms with Gasteiger partial charge in [0.1, 0.15) is 0 Å². The molecule has 1 fully saturated rings. The molecule has 1 heterocycles. The van der Waals surface area contributed by atoms with Gasteiger partial charge in [0.05, 0.1) is 18.4 Å². The van der Waals surface area contributed by atoms with Crippen LogP contribution in [0.2, 0.25) is 0 Å². The Balaban J connectivity index is 2.19. The number of rotatable bonds is 4. The molecule has 6 heteroatoms. The molecule has 110 valence electrons. The minimum absolute atomic E-state index is 0.142. The van der Waals surface area contributed by atoms with Gasteiger partial charge in [0.2, 0.25) is 0 Å². The van der Waals surface area contributed by atoms with Crippen LogP contribution in [0.1, 0.15) is 23.2 Å². The highest BCUT2D eigenvalue weighted by Crippen LogP contribution is 2.24. The van der Waals surface area contributed by atoms with Crippen LogP contribution in [-0.4, -0.2) is 39.3 Å². The normalized spacial score (nSPS) is 18.1. The number of methoxy groups -OCH3 is 1. The number of hydrogen-bond donors (Lipinski definition) is 1. The monoisotopic (exact) mass is 284 g/mol. The van der Waals surface area contributed by atoms with Crippen molar-refractivity contribution in [3.05, 3.63) is 29.3 Å². The van der Waals surface area contributed by atoms with Gasteiger partial charge in [-0.05, 0) is 31.5 Å². The number of nitrogens with zero attached hydrogens (tertiary/aromatic N) is 1. The summed E-state index contributed by atoms with van der Waals surface area (Å²) in [5.74, 6) is -3.07. The van der Waals surface area contributed by atoms with Crippen molar-refractivity contribution in [3.63, 3.8) is 0 Å². The Bertz CT molecular complexity index is 502. The molecule has 2 rings (SSSR count).